The third-order valence-corrected chi connectivity index (χ3v) is 9.70. The topological polar surface area (TPSA) is 38.7 Å². The normalized spacial score (nSPS) is 11.6. The Hall–Kier alpha value is -5.71. The second kappa shape index (κ2) is 10.5. The van der Waals surface area contributed by atoms with Crippen LogP contribution < -0.4 is 0 Å². The Bertz CT molecular complexity index is 2520. The Labute approximate surface area is 264 Å². The van der Waals surface area contributed by atoms with Crippen molar-refractivity contribution in [3.05, 3.63) is 152 Å². The molecule has 45 heavy (non-hydrogen) atoms. The third kappa shape index (κ3) is 4.38. The van der Waals surface area contributed by atoms with Crippen LogP contribution in [0.3, 0.4) is 0 Å². The van der Waals surface area contributed by atoms with E-state index in [9.17, 15) is 0 Å². The molecule has 7 aromatic carbocycles. The van der Waals surface area contributed by atoms with Crippen LogP contribution in [0.1, 0.15) is 0 Å². The Balaban J connectivity index is 1.33. The zero-order valence-corrected chi connectivity index (χ0v) is 25.0. The van der Waals surface area contributed by atoms with Gasteiger partial charge in [0.05, 0.1) is 0 Å². The van der Waals surface area contributed by atoms with Crippen molar-refractivity contribution in [2.24, 2.45) is 0 Å². The van der Waals surface area contributed by atoms with Gasteiger partial charge in [0.2, 0.25) is 0 Å². The van der Waals surface area contributed by atoms with Gasteiger partial charge in [-0.1, -0.05) is 140 Å². The first-order valence-electron chi connectivity index (χ1n) is 15.0. The summed E-state index contributed by atoms with van der Waals surface area (Å²) in [5.74, 6) is 1.99. The van der Waals surface area contributed by atoms with Gasteiger partial charge < -0.3 is 0 Å². The summed E-state index contributed by atoms with van der Waals surface area (Å²) >= 11 is 1.84. The van der Waals surface area contributed by atoms with Crippen molar-refractivity contribution in [3.63, 3.8) is 0 Å². The lowest BCUT2D eigenvalue weighted by Gasteiger charge is -2.12. The van der Waals surface area contributed by atoms with Gasteiger partial charge in [-0.25, -0.2) is 15.0 Å². The average molecular weight is 592 g/mol. The van der Waals surface area contributed by atoms with Crippen molar-refractivity contribution < 1.29 is 0 Å². The zero-order chi connectivity index (χ0) is 29.7. The molecule has 210 valence electrons. The molecule has 0 spiro atoms. The number of hydrogen-bond acceptors (Lipinski definition) is 4. The highest BCUT2D eigenvalue weighted by Gasteiger charge is 2.20. The first-order chi connectivity index (χ1) is 22.3. The van der Waals surface area contributed by atoms with E-state index in [2.05, 4.69) is 127 Å². The zero-order valence-electron chi connectivity index (χ0n) is 24.2. The molecule has 2 aromatic heterocycles. The number of thiophene rings is 1. The first-order valence-corrected chi connectivity index (χ1v) is 15.9. The quantitative estimate of drug-likeness (QED) is 0.191. The molecule has 0 aliphatic heterocycles. The van der Waals surface area contributed by atoms with Crippen molar-refractivity contribution in [3.8, 4) is 45.3 Å². The van der Waals surface area contributed by atoms with Gasteiger partial charge in [0, 0.05) is 42.2 Å². The van der Waals surface area contributed by atoms with E-state index in [1.165, 1.54) is 47.3 Å². The lowest BCUT2D eigenvalue weighted by Crippen LogP contribution is -2.00. The van der Waals surface area contributed by atoms with Crippen LogP contribution in [0.5, 0.6) is 0 Å². The molecule has 0 fully saturated rings. The molecule has 4 heteroatoms. The van der Waals surface area contributed by atoms with Crippen LogP contribution in [-0.4, -0.2) is 15.0 Å². The van der Waals surface area contributed by atoms with E-state index in [0.717, 1.165) is 22.3 Å². The summed E-state index contributed by atoms with van der Waals surface area (Å²) < 4.78 is 2.51. The molecule has 0 bridgehead atoms. The molecule has 0 radical (unpaired) electrons. The maximum Gasteiger partial charge on any atom is 0.164 e. The number of rotatable bonds is 4. The van der Waals surface area contributed by atoms with Gasteiger partial charge >= 0.3 is 0 Å². The Kier molecular flexibility index (Phi) is 6.00. The van der Waals surface area contributed by atoms with Gasteiger partial charge in [-0.05, 0) is 39.4 Å². The van der Waals surface area contributed by atoms with Crippen LogP contribution in [0.2, 0.25) is 0 Å². The molecule has 0 N–H and O–H groups in total. The number of benzene rings is 7. The number of fused-ring (bicyclic) bond motifs is 7. The monoisotopic (exact) mass is 591 g/mol. The molecule has 9 rings (SSSR count). The highest BCUT2D eigenvalue weighted by molar-refractivity contribution is 7.27. The molecular formula is C41H25N3S. The standard InChI is InChI=1S/C41H25N3S/c1-3-11-26(12-4-1)27-19-22-30(23-20-27)40-42-39(29-14-5-2-6-15-29)43-41(44-40)34-25-31-24-21-28-13-7-8-16-32(28)36(31)38-37(34)33-17-9-10-18-35(33)45-38/h1-25H. The predicted octanol–water partition coefficient (Wildman–Crippen LogP) is 11.2. The molecule has 9 aromatic rings. The molecule has 2 heterocycles. The van der Waals surface area contributed by atoms with Crippen molar-refractivity contribution >= 4 is 53.1 Å². The number of hydrogen-bond donors (Lipinski definition) is 0. The van der Waals surface area contributed by atoms with Gasteiger partial charge in [-0.15, -0.1) is 11.3 Å². The average Bonchev–Trinajstić information content (AvgIpc) is 3.51. The van der Waals surface area contributed by atoms with Crippen LogP contribution in [-0.2, 0) is 0 Å². The summed E-state index contributed by atoms with van der Waals surface area (Å²) in [6.07, 6.45) is 0. The van der Waals surface area contributed by atoms with Crippen molar-refractivity contribution in [1.82, 2.24) is 15.0 Å². The van der Waals surface area contributed by atoms with E-state index in [4.69, 9.17) is 15.0 Å². The summed E-state index contributed by atoms with van der Waals surface area (Å²) in [6, 6.07) is 53.1. The third-order valence-electron chi connectivity index (χ3n) is 8.51. The van der Waals surface area contributed by atoms with Crippen molar-refractivity contribution in [2.75, 3.05) is 0 Å². The summed E-state index contributed by atoms with van der Waals surface area (Å²) in [5, 5.41) is 7.37. The van der Waals surface area contributed by atoms with Crippen LogP contribution in [0.25, 0.3) is 87.0 Å². The van der Waals surface area contributed by atoms with Crippen molar-refractivity contribution in [2.45, 2.75) is 0 Å². The van der Waals surface area contributed by atoms with E-state index in [1.54, 1.807) is 0 Å². The lowest BCUT2D eigenvalue weighted by molar-refractivity contribution is 1.08. The van der Waals surface area contributed by atoms with E-state index < -0.39 is 0 Å². The summed E-state index contributed by atoms with van der Waals surface area (Å²) in [4.78, 5) is 15.4. The van der Waals surface area contributed by atoms with Gasteiger partial charge in [-0.3, -0.25) is 0 Å². The molecule has 0 amide bonds. The second-order valence-electron chi connectivity index (χ2n) is 11.2. The SMILES string of the molecule is c1ccc(-c2ccc(-c3nc(-c4ccccc4)nc(-c4cc5ccc6ccccc6c5c5sc6ccccc6c45)n3)cc2)cc1. The van der Waals surface area contributed by atoms with Crippen molar-refractivity contribution in [1.29, 1.82) is 0 Å². The van der Waals surface area contributed by atoms with E-state index in [0.29, 0.717) is 17.5 Å². The summed E-state index contributed by atoms with van der Waals surface area (Å²) in [7, 11) is 0. The predicted molar refractivity (Wildman–Crippen MR) is 189 cm³/mol. The Morgan fingerprint density at radius 3 is 1.67 bits per heavy atom. The Morgan fingerprint density at radius 2 is 0.911 bits per heavy atom. The largest absolute Gasteiger partial charge is 0.208 e. The van der Waals surface area contributed by atoms with Crippen LogP contribution in [0.4, 0.5) is 0 Å². The molecule has 3 nitrogen and oxygen atoms in total. The Morgan fingerprint density at radius 1 is 0.378 bits per heavy atom. The minimum atomic E-state index is 0.657. The fourth-order valence-electron chi connectivity index (χ4n) is 6.34. The minimum Gasteiger partial charge on any atom is -0.208 e. The number of aromatic nitrogens is 3. The fraction of sp³-hybridized carbons (Fsp3) is 0. The lowest BCUT2D eigenvalue weighted by atomic mass is 9.96. The number of nitrogens with zero attached hydrogens (tertiary/aromatic N) is 3. The fourth-order valence-corrected chi connectivity index (χ4v) is 7.64. The molecule has 0 saturated carbocycles. The van der Waals surface area contributed by atoms with E-state index >= 15 is 0 Å². The van der Waals surface area contributed by atoms with Crippen LogP contribution >= 0.6 is 11.3 Å². The summed E-state index contributed by atoms with van der Waals surface area (Å²) in [5.41, 5.74) is 5.27. The van der Waals surface area contributed by atoms with Crippen LogP contribution in [0, 0.1) is 0 Å². The molecule has 0 unspecified atom stereocenters. The van der Waals surface area contributed by atoms with Gasteiger partial charge in [0.15, 0.2) is 17.5 Å². The van der Waals surface area contributed by atoms with E-state index in [1.807, 2.05) is 35.6 Å². The molecule has 0 aliphatic rings. The molecule has 0 saturated heterocycles. The first kappa shape index (κ1) is 25.8. The summed E-state index contributed by atoms with van der Waals surface area (Å²) in [6.45, 7) is 0. The maximum absolute atomic E-state index is 5.19. The van der Waals surface area contributed by atoms with Gasteiger partial charge in [0.25, 0.3) is 0 Å². The highest BCUT2D eigenvalue weighted by Crippen LogP contribution is 2.45. The van der Waals surface area contributed by atoms with E-state index in [-0.39, 0.29) is 0 Å². The molecule has 0 aliphatic carbocycles. The van der Waals surface area contributed by atoms with Gasteiger partial charge in [0.1, 0.15) is 0 Å². The minimum absolute atomic E-state index is 0.657. The highest BCUT2D eigenvalue weighted by atomic mass is 32.1. The maximum atomic E-state index is 5.19. The smallest absolute Gasteiger partial charge is 0.164 e. The molecule has 0 atom stereocenters. The van der Waals surface area contributed by atoms with Crippen LogP contribution in [0.15, 0.2) is 152 Å². The molecular weight excluding hydrogens is 567 g/mol. The second-order valence-corrected chi connectivity index (χ2v) is 12.3. The van der Waals surface area contributed by atoms with Gasteiger partial charge in [-0.2, -0.15) is 0 Å².